The summed E-state index contributed by atoms with van der Waals surface area (Å²) in [6, 6.07) is 5.21. The normalized spacial score (nSPS) is 21.6. The van der Waals surface area contributed by atoms with Crippen LogP contribution >= 0.6 is 11.6 Å². The molecule has 3 nitrogen and oxygen atoms in total. The van der Waals surface area contributed by atoms with Gasteiger partial charge < -0.3 is 11.1 Å². The number of nitrogens with one attached hydrogen (secondary N) is 1. The molecule has 1 unspecified atom stereocenters. The third kappa shape index (κ3) is 2.14. The Bertz CT molecular complexity index is 443. The first-order valence-electron chi connectivity index (χ1n) is 5.26. The first kappa shape index (κ1) is 11.3. The zero-order valence-corrected chi connectivity index (χ0v) is 10.1. The molecule has 16 heavy (non-hydrogen) atoms. The molecule has 0 spiro atoms. The van der Waals surface area contributed by atoms with Crippen molar-refractivity contribution in [3.8, 4) is 0 Å². The summed E-state index contributed by atoms with van der Waals surface area (Å²) in [5.41, 5.74) is 6.87. The second kappa shape index (κ2) is 3.67. The second-order valence-electron chi connectivity index (χ2n) is 4.96. The molecule has 1 aromatic carbocycles. The minimum absolute atomic E-state index is 0.0843. The highest BCUT2D eigenvalue weighted by atomic mass is 35.5. The number of benzene rings is 1. The van der Waals surface area contributed by atoms with Crippen molar-refractivity contribution in [2.45, 2.75) is 26.3 Å². The number of halogens is 1. The second-order valence-corrected chi connectivity index (χ2v) is 5.36. The molecule has 86 valence electrons. The van der Waals surface area contributed by atoms with E-state index in [9.17, 15) is 4.79 Å². The molecular formula is C12H15ClN2O. The van der Waals surface area contributed by atoms with Gasteiger partial charge in [0.05, 0.1) is 10.7 Å². The largest absolute Gasteiger partial charge is 0.398 e. The standard InChI is InChI=1S/C12H15ClN2O/c1-12(2)6-10(12)15-11(16)7-3-4-8(13)9(14)5-7/h3-5,10H,6,14H2,1-2H3,(H,15,16). The van der Waals surface area contributed by atoms with E-state index in [2.05, 4.69) is 19.2 Å². The lowest BCUT2D eigenvalue weighted by atomic mass is 10.1. The molecule has 0 aliphatic heterocycles. The van der Waals surface area contributed by atoms with Gasteiger partial charge in [0.2, 0.25) is 0 Å². The Morgan fingerprint density at radius 3 is 2.69 bits per heavy atom. The zero-order valence-electron chi connectivity index (χ0n) is 9.38. The predicted octanol–water partition coefficient (Wildman–Crippen LogP) is 2.45. The van der Waals surface area contributed by atoms with Gasteiger partial charge in [-0.2, -0.15) is 0 Å². The van der Waals surface area contributed by atoms with Gasteiger partial charge in [0.1, 0.15) is 0 Å². The smallest absolute Gasteiger partial charge is 0.251 e. The van der Waals surface area contributed by atoms with Gasteiger partial charge in [0, 0.05) is 11.6 Å². The van der Waals surface area contributed by atoms with Crippen molar-refractivity contribution in [3.05, 3.63) is 28.8 Å². The Balaban J connectivity index is 2.07. The number of amides is 1. The Morgan fingerprint density at radius 2 is 2.19 bits per heavy atom. The van der Waals surface area contributed by atoms with Crippen molar-refractivity contribution in [2.24, 2.45) is 5.41 Å². The first-order valence-corrected chi connectivity index (χ1v) is 5.64. The summed E-state index contributed by atoms with van der Waals surface area (Å²) in [6.07, 6.45) is 1.03. The van der Waals surface area contributed by atoms with Gasteiger partial charge in [0.15, 0.2) is 0 Å². The van der Waals surface area contributed by atoms with Gasteiger partial charge >= 0.3 is 0 Å². The summed E-state index contributed by atoms with van der Waals surface area (Å²) in [6.45, 7) is 4.27. The fraction of sp³-hybridized carbons (Fsp3) is 0.417. The molecule has 1 saturated carbocycles. The molecule has 1 atom stereocenters. The SMILES string of the molecule is CC1(C)CC1NC(=O)c1ccc(Cl)c(N)c1. The fourth-order valence-electron chi connectivity index (χ4n) is 1.64. The van der Waals surface area contributed by atoms with Crippen molar-refractivity contribution in [1.82, 2.24) is 5.32 Å². The highest BCUT2D eigenvalue weighted by molar-refractivity contribution is 6.33. The van der Waals surface area contributed by atoms with Crippen LogP contribution in [0.4, 0.5) is 5.69 Å². The lowest BCUT2D eigenvalue weighted by Crippen LogP contribution is -2.28. The van der Waals surface area contributed by atoms with E-state index in [0.717, 1.165) is 6.42 Å². The Labute approximate surface area is 100.0 Å². The third-order valence-electron chi connectivity index (χ3n) is 3.08. The van der Waals surface area contributed by atoms with E-state index < -0.39 is 0 Å². The minimum atomic E-state index is -0.0843. The number of rotatable bonds is 2. The van der Waals surface area contributed by atoms with Crippen molar-refractivity contribution >= 4 is 23.2 Å². The highest BCUT2D eigenvalue weighted by Gasteiger charge is 2.46. The van der Waals surface area contributed by atoms with Crippen LogP contribution in [0.25, 0.3) is 0 Å². The van der Waals surface area contributed by atoms with Gasteiger partial charge in [0.25, 0.3) is 5.91 Å². The molecule has 0 saturated heterocycles. The Morgan fingerprint density at radius 1 is 1.56 bits per heavy atom. The molecular weight excluding hydrogens is 224 g/mol. The number of nitrogen functional groups attached to an aromatic ring is 1. The van der Waals surface area contributed by atoms with Gasteiger partial charge in [-0.1, -0.05) is 25.4 Å². The number of carbonyl (C=O) groups is 1. The molecule has 1 aromatic rings. The van der Waals surface area contributed by atoms with Crippen LogP contribution in [0.5, 0.6) is 0 Å². The van der Waals surface area contributed by atoms with Crippen LogP contribution in [-0.4, -0.2) is 11.9 Å². The van der Waals surface area contributed by atoms with Crippen molar-refractivity contribution in [1.29, 1.82) is 0 Å². The van der Waals surface area contributed by atoms with Crippen molar-refractivity contribution in [3.63, 3.8) is 0 Å². The molecule has 1 aliphatic carbocycles. The summed E-state index contributed by atoms with van der Waals surface area (Å²) in [5.74, 6) is -0.0843. The lowest BCUT2D eigenvalue weighted by molar-refractivity contribution is 0.0946. The van der Waals surface area contributed by atoms with Crippen LogP contribution in [-0.2, 0) is 0 Å². The average molecular weight is 239 g/mol. The summed E-state index contributed by atoms with van der Waals surface area (Å²) < 4.78 is 0. The monoisotopic (exact) mass is 238 g/mol. The van der Waals surface area contributed by atoms with Crippen LogP contribution < -0.4 is 11.1 Å². The van der Waals surface area contributed by atoms with Crippen molar-refractivity contribution < 1.29 is 4.79 Å². The molecule has 1 fully saturated rings. The number of hydrogen-bond donors (Lipinski definition) is 2. The predicted molar refractivity (Wildman–Crippen MR) is 65.5 cm³/mol. The Kier molecular flexibility index (Phi) is 2.58. The van der Waals surface area contributed by atoms with Gasteiger partial charge in [-0.05, 0) is 30.0 Å². The van der Waals surface area contributed by atoms with E-state index in [1.54, 1.807) is 18.2 Å². The first-order chi connectivity index (χ1) is 7.40. The van der Waals surface area contributed by atoms with E-state index in [1.807, 2.05) is 0 Å². The highest BCUT2D eigenvalue weighted by Crippen LogP contribution is 2.44. The minimum Gasteiger partial charge on any atom is -0.398 e. The number of nitrogens with two attached hydrogens (primary N) is 1. The maximum atomic E-state index is 11.8. The van der Waals surface area contributed by atoms with Crippen LogP contribution in [0.15, 0.2) is 18.2 Å². The molecule has 3 N–H and O–H groups in total. The average Bonchev–Trinajstić information content (AvgIpc) is 2.78. The van der Waals surface area contributed by atoms with E-state index in [-0.39, 0.29) is 17.4 Å². The fourth-order valence-corrected chi connectivity index (χ4v) is 1.76. The quantitative estimate of drug-likeness (QED) is 0.778. The molecule has 0 bridgehead atoms. The van der Waals surface area contributed by atoms with E-state index >= 15 is 0 Å². The molecule has 1 aliphatic rings. The van der Waals surface area contributed by atoms with E-state index in [0.29, 0.717) is 16.3 Å². The maximum Gasteiger partial charge on any atom is 0.251 e. The third-order valence-corrected chi connectivity index (χ3v) is 3.42. The van der Waals surface area contributed by atoms with Crippen molar-refractivity contribution in [2.75, 3.05) is 5.73 Å². The molecule has 4 heteroatoms. The summed E-state index contributed by atoms with van der Waals surface area (Å²) >= 11 is 5.79. The molecule has 1 amide bonds. The van der Waals surface area contributed by atoms with Gasteiger partial charge in [-0.3, -0.25) is 4.79 Å². The molecule has 0 radical (unpaired) electrons. The van der Waals surface area contributed by atoms with Gasteiger partial charge in [-0.25, -0.2) is 0 Å². The van der Waals surface area contributed by atoms with Gasteiger partial charge in [-0.15, -0.1) is 0 Å². The van der Waals surface area contributed by atoms with E-state index in [1.165, 1.54) is 0 Å². The number of carbonyl (C=O) groups excluding carboxylic acids is 1. The van der Waals surface area contributed by atoms with Crippen LogP contribution in [0.2, 0.25) is 5.02 Å². The number of hydrogen-bond acceptors (Lipinski definition) is 2. The molecule has 2 rings (SSSR count). The lowest BCUT2D eigenvalue weighted by Gasteiger charge is -2.07. The van der Waals surface area contributed by atoms with Crippen LogP contribution in [0.1, 0.15) is 30.6 Å². The summed E-state index contributed by atoms with van der Waals surface area (Å²) in [7, 11) is 0. The number of anilines is 1. The Hall–Kier alpha value is -1.22. The summed E-state index contributed by atoms with van der Waals surface area (Å²) in [5, 5.41) is 3.44. The zero-order chi connectivity index (χ0) is 11.9. The van der Waals surface area contributed by atoms with E-state index in [4.69, 9.17) is 17.3 Å². The van der Waals surface area contributed by atoms with Crippen LogP contribution in [0, 0.1) is 5.41 Å². The topological polar surface area (TPSA) is 55.1 Å². The van der Waals surface area contributed by atoms with Crippen LogP contribution in [0.3, 0.4) is 0 Å². The summed E-state index contributed by atoms with van der Waals surface area (Å²) in [4.78, 5) is 11.8. The molecule has 0 heterocycles. The molecule has 0 aromatic heterocycles. The maximum absolute atomic E-state index is 11.8.